The summed E-state index contributed by atoms with van der Waals surface area (Å²) < 4.78 is 32.4. The van der Waals surface area contributed by atoms with Crippen LogP contribution in [0.2, 0.25) is 0 Å². The van der Waals surface area contributed by atoms with Crippen LogP contribution in [0.3, 0.4) is 0 Å². The van der Waals surface area contributed by atoms with E-state index in [1.807, 2.05) is 0 Å². The molecule has 25 heavy (non-hydrogen) atoms. The van der Waals surface area contributed by atoms with Gasteiger partial charge in [-0.05, 0) is 37.6 Å². The SMILES string of the molecule is CC(O)CC1CCCN1C(=O)c1sccc1S(=O)(=O)N1CCOCC1. The van der Waals surface area contributed by atoms with Gasteiger partial charge in [-0.15, -0.1) is 11.3 Å². The van der Waals surface area contributed by atoms with Gasteiger partial charge in [-0.2, -0.15) is 4.31 Å². The van der Waals surface area contributed by atoms with E-state index in [-0.39, 0.29) is 21.7 Å². The zero-order chi connectivity index (χ0) is 18.0. The van der Waals surface area contributed by atoms with Gasteiger partial charge in [0, 0.05) is 25.7 Å². The van der Waals surface area contributed by atoms with Gasteiger partial charge in [0.25, 0.3) is 5.91 Å². The summed E-state index contributed by atoms with van der Waals surface area (Å²) >= 11 is 1.17. The van der Waals surface area contributed by atoms with Crippen molar-refractivity contribution in [2.24, 2.45) is 0 Å². The van der Waals surface area contributed by atoms with E-state index in [1.54, 1.807) is 17.2 Å². The Morgan fingerprint density at radius 2 is 2.12 bits per heavy atom. The van der Waals surface area contributed by atoms with Crippen LogP contribution in [0.15, 0.2) is 16.3 Å². The molecule has 2 aliphatic rings. The smallest absolute Gasteiger partial charge is 0.265 e. The van der Waals surface area contributed by atoms with Crippen LogP contribution in [-0.2, 0) is 14.8 Å². The molecule has 0 aliphatic carbocycles. The summed E-state index contributed by atoms with van der Waals surface area (Å²) in [7, 11) is -3.70. The highest BCUT2D eigenvalue weighted by Crippen LogP contribution is 2.30. The number of ether oxygens (including phenoxy) is 1. The van der Waals surface area contributed by atoms with Crippen LogP contribution in [0.1, 0.15) is 35.9 Å². The van der Waals surface area contributed by atoms with Crippen molar-refractivity contribution in [2.75, 3.05) is 32.8 Å². The Balaban J connectivity index is 1.84. The molecule has 2 atom stereocenters. The van der Waals surface area contributed by atoms with Crippen molar-refractivity contribution in [3.8, 4) is 0 Å². The van der Waals surface area contributed by atoms with Crippen molar-refractivity contribution in [2.45, 2.75) is 43.2 Å². The van der Waals surface area contributed by atoms with Crippen molar-refractivity contribution in [1.29, 1.82) is 0 Å². The summed E-state index contributed by atoms with van der Waals surface area (Å²) in [6.07, 6.45) is 1.74. The number of aliphatic hydroxyl groups excluding tert-OH is 1. The second-order valence-corrected chi connectivity index (χ2v) is 9.33. The van der Waals surface area contributed by atoms with Crippen LogP contribution < -0.4 is 0 Å². The van der Waals surface area contributed by atoms with Gasteiger partial charge in [-0.3, -0.25) is 4.79 Å². The van der Waals surface area contributed by atoms with Gasteiger partial charge in [0.05, 0.1) is 19.3 Å². The Hall–Kier alpha value is -1.00. The van der Waals surface area contributed by atoms with E-state index >= 15 is 0 Å². The van der Waals surface area contributed by atoms with E-state index in [2.05, 4.69) is 0 Å². The van der Waals surface area contributed by atoms with Gasteiger partial charge in [0.2, 0.25) is 10.0 Å². The van der Waals surface area contributed by atoms with Crippen molar-refractivity contribution < 1.29 is 23.1 Å². The molecule has 1 aromatic rings. The second kappa shape index (κ2) is 7.71. The number of amides is 1. The van der Waals surface area contributed by atoms with Gasteiger partial charge < -0.3 is 14.7 Å². The van der Waals surface area contributed by atoms with Crippen LogP contribution in [-0.4, -0.2) is 73.6 Å². The minimum absolute atomic E-state index is 0.0338. The average Bonchev–Trinajstić information content (AvgIpc) is 3.24. The topological polar surface area (TPSA) is 87.2 Å². The molecule has 0 bridgehead atoms. The summed E-state index contributed by atoms with van der Waals surface area (Å²) in [6.45, 7) is 3.66. The Labute approximate surface area is 152 Å². The number of aliphatic hydroxyl groups is 1. The molecule has 0 aromatic carbocycles. The summed E-state index contributed by atoms with van der Waals surface area (Å²) in [4.78, 5) is 15.1. The average molecular weight is 389 g/mol. The van der Waals surface area contributed by atoms with Crippen LogP contribution in [0.5, 0.6) is 0 Å². The predicted molar refractivity (Wildman–Crippen MR) is 94.3 cm³/mol. The van der Waals surface area contributed by atoms with E-state index in [4.69, 9.17) is 4.74 Å². The minimum Gasteiger partial charge on any atom is -0.393 e. The first-order valence-electron chi connectivity index (χ1n) is 8.55. The fourth-order valence-corrected chi connectivity index (χ4v) is 6.21. The van der Waals surface area contributed by atoms with E-state index in [0.29, 0.717) is 39.3 Å². The standard InChI is InChI=1S/C16H24N2O5S2/c1-12(19)11-13-3-2-5-18(13)16(20)15-14(4-10-24-15)25(21,22)17-6-8-23-9-7-17/h4,10,12-13,19H,2-3,5-9,11H2,1H3. The van der Waals surface area contributed by atoms with Crippen molar-refractivity contribution >= 4 is 27.3 Å². The maximum atomic E-state index is 13.0. The lowest BCUT2D eigenvalue weighted by atomic mass is 10.1. The first-order chi connectivity index (χ1) is 11.9. The molecule has 2 aliphatic heterocycles. The molecule has 1 N–H and O–H groups in total. The Morgan fingerprint density at radius 3 is 2.80 bits per heavy atom. The van der Waals surface area contributed by atoms with E-state index < -0.39 is 16.1 Å². The number of morpholine rings is 1. The molecule has 0 saturated carbocycles. The zero-order valence-corrected chi connectivity index (χ0v) is 15.9. The van der Waals surface area contributed by atoms with Gasteiger partial charge in [-0.25, -0.2) is 8.42 Å². The lowest BCUT2D eigenvalue weighted by Crippen LogP contribution is -2.42. The highest BCUT2D eigenvalue weighted by atomic mass is 32.2. The van der Waals surface area contributed by atoms with Crippen LogP contribution in [0.25, 0.3) is 0 Å². The monoisotopic (exact) mass is 388 g/mol. The lowest BCUT2D eigenvalue weighted by Gasteiger charge is -2.28. The second-order valence-electron chi connectivity index (χ2n) is 6.51. The number of nitrogens with zero attached hydrogens (tertiary/aromatic N) is 2. The molecule has 1 amide bonds. The van der Waals surface area contributed by atoms with E-state index in [9.17, 15) is 18.3 Å². The van der Waals surface area contributed by atoms with Crippen molar-refractivity contribution in [3.63, 3.8) is 0 Å². The lowest BCUT2D eigenvalue weighted by molar-refractivity contribution is 0.0680. The quantitative estimate of drug-likeness (QED) is 0.817. The molecular formula is C16H24N2O5S2. The molecule has 9 heteroatoms. The Kier molecular flexibility index (Phi) is 5.79. The first kappa shape index (κ1) is 18.8. The number of likely N-dealkylation sites (tertiary alicyclic amines) is 1. The van der Waals surface area contributed by atoms with Gasteiger partial charge in [0.1, 0.15) is 9.77 Å². The van der Waals surface area contributed by atoms with Gasteiger partial charge >= 0.3 is 0 Å². The normalized spacial score (nSPS) is 23.8. The largest absolute Gasteiger partial charge is 0.393 e. The first-order valence-corrected chi connectivity index (χ1v) is 10.9. The van der Waals surface area contributed by atoms with E-state index in [1.165, 1.54) is 21.7 Å². The van der Waals surface area contributed by atoms with Crippen molar-refractivity contribution in [1.82, 2.24) is 9.21 Å². The summed E-state index contributed by atoms with van der Waals surface area (Å²) in [5, 5.41) is 11.3. The molecule has 2 unspecified atom stereocenters. The van der Waals surface area contributed by atoms with Crippen molar-refractivity contribution in [3.05, 3.63) is 16.3 Å². The highest BCUT2D eigenvalue weighted by Gasteiger charge is 2.36. The number of hydrogen-bond donors (Lipinski definition) is 1. The van der Waals surface area contributed by atoms with E-state index in [0.717, 1.165) is 12.8 Å². The Bertz CT molecular complexity index is 710. The predicted octanol–water partition coefficient (Wildman–Crippen LogP) is 1.14. The molecule has 0 radical (unpaired) electrons. The number of rotatable bonds is 5. The number of carbonyl (C=O) groups excluding carboxylic acids is 1. The van der Waals surface area contributed by atoms with Crippen LogP contribution in [0.4, 0.5) is 0 Å². The van der Waals surface area contributed by atoms with Gasteiger partial charge in [-0.1, -0.05) is 0 Å². The number of carbonyl (C=O) groups is 1. The highest BCUT2D eigenvalue weighted by molar-refractivity contribution is 7.89. The molecule has 7 nitrogen and oxygen atoms in total. The molecule has 0 spiro atoms. The molecule has 3 rings (SSSR count). The van der Waals surface area contributed by atoms with Crippen LogP contribution >= 0.6 is 11.3 Å². The summed E-state index contributed by atoms with van der Waals surface area (Å²) in [5.74, 6) is -0.245. The van der Waals surface area contributed by atoms with Crippen LogP contribution in [0, 0.1) is 0 Å². The third-order valence-electron chi connectivity index (χ3n) is 4.66. The molecule has 140 valence electrons. The maximum Gasteiger partial charge on any atom is 0.265 e. The molecular weight excluding hydrogens is 364 g/mol. The number of thiophene rings is 1. The third kappa shape index (κ3) is 3.90. The third-order valence-corrected chi connectivity index (χ3v) is 7.64. The fourth-order valence-electron chi connectivity index (χ4n) is 3.45. The molecule has 2 saturated heterocycles. The molecule has 3 heterocycles. The minimum atomic E-state index is -3.70. The molecule has 1 aromatic heterocycles. The van der Waals surface area contributed by atoms with Gasteiger partial charge in [0.15, 0.2) is 0 Å². The maximum absolute atomic E-state index is 13.0. The zero-order valence-electron chi connectivity index (χ0n) is 14.3. The summed E-state index contributed by atoms with van der Waals surface area (Å²) in [5.41, 5.74) is 0. The number of sulfonamides is 1. The number of hydrogen-bond acceptors (Lipinski definition) is 6. The Morgan fingerprint density at radius 1 is 1.40 bits per heavy atom. The molecule has 2 fully saturated rings. The summed E-state index contributed by atoms with van der Waals surface area (Å²) in [6, 6.07) is 1.48. The fraction of sp³-hybridized carbons (Fsp3) is 0.688.